The molecule has 1 heterocycles. The van der Waals surface area contributed by atoms with E-state index in [0.717, 1.165) is 0 Å². The lowest BCUT2D eigenvalue weighted by Gasteiger charge is -2.02. The highest BCUT2D eigenvalue weighted by atomic mass is 35.5. The van der Waals surface area contributed by atoms with E-state index in [2.05, 4.69) is 4.98 Å². The minimum Gasteiger partial charge on any atom is -0.293 e. The number of aromatic nitrogens is 1. The number of thiazole rings is 1. The van der Waals surface area contributed by atoms with Crippen LogP contribution in [0.15, 0.2) is 40.7 Å². The lowest BCUT2D eigenvalue weighted by Crippen LogP contribution is -2.03. The fourth-order valence-electron chi connectivity index (χ4n) is 1.99. The highest BCUT2D eigenvalue weighted by Crippen LogP contribution is 2.32. The quantitative estimate of drug-likeness (QED) is 0.246. The van der Waals surface area contributed by atoms with E-state index in [0.29, 0.717) is 30.2 Å². The first-order valence-electron chi connectivity index (χ1n) is 6.60. The van der Waals surface area contributed by atoms with Crippen molar-refractivity contribution >= 4 is 68.0 Å². The van der Waals surface area contributed by atoms with E-state index in [1.807, 2.05) is 0 Å². The molecule has 0 amide bonds. The highest BCUT2D eigenvalue weighted by molar-refractivity contribution is 8.01. The summed E-state index contributed by atoms with van der Waals surface area (Å²) in [5, 5.41) is 11.6. The number of nitrogens with zero attached hydrogens (tertiary/aromatic N) is 2. The van der Waals surface area contributed by atoms with Crippen molar-refractivity contribution in [2.75, 3.05) is 5.75 Å². The molecule has 1 aromatic heterocycles. The Hall–Kier alpha value is -1.67. The molecular formula is C15H8Cl2N2O3S2. The predicted octanol–water partition coefficient (Wildman–Crippen LogP) is 5.49. The molecule has 0 spiro atoms. The molecule has 0 radical (unpaired) electrons. The Morgan fingerprint density at radius 1 is 1.25 bits per heavy atom. The largest absolute Gasteiger partial charge is 0.293 e. The van der Waals surface area contributed by atoms with Crippen molar-refractivity contribution in [1.29, 1.82) is 0 Å². The molecule has 0 atom stereocenters. The van der Waals surface area contributed by atoms with E-state index >= 15 is 0 Å². The summed E-state index contributed by atoms with van der Waals surface area (Å²) >= 11 is 14.4. The van der Waals surface area contributed by atoms with Gasteiger partial charge in [-0.2, -0.15) is 0 Å². The molecule has 0 saturated heterocycles. The second-order valence-corrected chi connectivity index (χ2v) is 7.82. The number of rotatable bonds is 5. The van der Waals surface area contributed by atoms with Crippen molar-refractivity contribution in [3.63, 3.8) is 0 Å². The Kier molecular flexibility index (Phi) is 5.05. The van der Waals surface area contributed by atoms with Crippen LogP contribution in [0, 0.1) is 10.1 Å². The second kappa shape index (κ2) is 7.06. The molecule has 0 N–H and O–H groups in total. The Bertz CT molecular complexity index is 959. The smallest absolute Gasteiger partial charge is 0.270 e. The number of carbonyl (C=O) groups excluding carboxylic acids is 1. The molecule has 0 aliphatic carbocycles. The molecule has 0 saturated carbocycles. The van der Waals surface area contributed by atoms with Gasteiger partial charge in [0.05, 0.1) is 25.9 Å². The van der Waals surface area contributed by atoms with E-state index < -0.39 is 4.92 Å². The summed E-state index contributed by atoms with van der Waals surface area (Å²) in [6, 6.07) is 9.23. The van der Waals surface area contributed by atoms with E-state index in [1.54, 1.807) is 18.2 Å². The van der Waals surface area contributed by atoms with Gasteiger partial charge in [0.2, 0.25) is 0 Å². The fourth-order valence-corrected chi connectivity index (χ4v) is 4.49. The van der Waals surface area contributed by atoms with Gasteiger partial charge in [-0.15, -0.1) is 11.3 Å². The number of nitro benzene ring substituents is 1. The van der Waals surface area contributed by atoms with Crippen LogP contribution < -0.4 is 0 Å². The number of hydrogen-bond acceptors (Lipinski definition) is 6. The molecule has 0 unspecified atom stereocenters. The van der Waals surface area contributed by atoms with Crippen LogP contribution in [0.2, 0.25) is 10.0 Å². The Labute approximate surface area is 154 Å². The zero-order chi connectivity index (χ0) is 17.3. The topological polar surface area (TPSA) is 73.1 Å². The SMILES string of the molecule is O=C(CSc1nc2ccc([N+](=O)[O-])cc2s1)c1ccc(Cl)cc1Cl. The molecule has 3 aromatic rings. The van der Waals surface area contributed by atoms with Crippen molar-refractivity contribution in [2.24, 2.45) is 0 Å². The third-order valence-corrected chi connectivity index (χ3v) is 5.83. The van der Waals surface area contributed by atoms with Crippen molar-refractivity contribution in [3.8, 4) is 0 Å². The van der Waals surface area contributed by atoms with Gasteiger partial charge in [-0.1, -0.05) is 35.0 Å². The molecule has 5 nitrogen and oxygen atoms in total. The van der Waals surface area contributed by atoms with Gasteiger partial charge in [0.15, 0.2) is 10.1 Å². The van der Waals surface area contributed by atoms with Gasteiger partial charge < -0.3 is 0 Å². The summed E-state index contributed by atoms with van der Waals surface area (Å²) in [5.41, 5.74) is 1.10. The van der Waals surface area contributed by atoms with Crippen molar-refractivity contribution in [1.82, 2.24) is 4.98 Å². The number of non-ortho nitro benzene ring substituents is 1. The lowest BCUT2D eigenvalue weighted by atomic mass is 10.1. The van der Waals surface area contributed by atoms with Crippen LogP contribution in [0.5, 0.6) is 0 Å². The van der Waals surface area contributed by atoms with Crippen LogP contribution in [0.1, 0.15) is 10.4 Å². The second-order valence-electron chi connectivity index (χ2n) is 4.72. The number of fused-ring (bicyclic) bond motifs is 1. The average molecular weight is 399 g/mol. The summed E-state index contributed by atoms with van der Waals surface area (Å²) in [6.07, 6.45) is 0. The number of Topliss-reactive ketones (excluding diaryl/α,β-unsaturated/α-hetero) is 1. The summed E-state index contributed by atoms with van der Waals surface area (Å²) in [6.45, 7) is 0. The van der Waals surface area contributed by atoms with Crippen LogP contribution in [-0.4, -0.2) is 21.4 Å². The van der Waals surface area contributed by atoms with E-state index in [1.165, 1.54) is 41.3 Å². The first kappa shape index (κ1) is 17.2. The molecule has 0 aliphatic rings. The van der Waals surface area contributed by atoms with Gasteiger partial charge in [-0.25, -0.2) is 4.98 Å². The first-order valence-corrected chi connectivity index (χ1v) is 9.16. The average Bonchev–Trinajstić information content (AvgIpc) is 2.94. The molecule has 0 aliphatic heterocycles. The van der Waals surface area contributed by atoms with Gasteiger partial charge in [0.25, 0.3) is 5.69 Å². The maximum absolute atomic E-state index is 12.2. The zero-order valence-corrected chi connectivity index (χ0v) is 15.0. The number of hydrogen-bond donors (Lipinski definition) is 0. The molecule has 24 heavy (non-hydrogen) atoms. The maximum atomic E-state index is 12.2. The van der Waals surface area contributed by atoms with Crippen molar-refractivity contribution in [2.45, 2.75) is 4.34 Å². The van der Waals surface area contributed by atoms with E-state index in [4.69, 9.17) is 23.2 Å². The predicted molar refractivity (Wildman–Crippen MR) is 97.8 cm³/mol. The third-order valence-electron chi connectivity index (χ3n) is 3.12. The minimum absolute atomic E-state index is 0.0201. The Morgan fingerprint density at radius 2 is 2.04 bits per heavy atom. The van der Waals surface area contributed by atoms with E-state index in [9.17, 15) is 14.9 Å². The number of benzene rings is 2. The monoisotopic (exact) mass is 398 g/mol. The van der Waals surface area contributed by atoms with E-state index in [-0.39, 0.29) is 17.2 Å². The number of ketones is 1. The lowest BCUT2D eigenvalue weighted by molar-refractivity contribution is -0.384. The molecule has 9 heteroatoms. The van der Waals surface area contributed by atoms with Crippen LogP contribution in [-0.2, 0) is 0 Å². The minimum atomic E-state index is -0.446. The normalized spacial score (nSPS) is 10.9. The molecule has 3 rings (SSSR count). The molecule has 0 fully saturated rings. The van der Waals surface area contributed by atoms with Gasteiger partial charge in [0, 0.05) is 22.7 Å². The molecular weight excluding hydrogens is 391 g/mol. The van der Waals surface area contributed by atoms with Crippen molar-refractivity contribution in [3.05, 3.63) is 62.1 Å². The van der Waals surface area contributed by atoms with Crippen LogP contribution in [0.3, 0.4) is 0 Å². The zero-order valence-electron chi connectivity index (χ0n) is 11.9. The van der Waals surface area contributed by atoms with Gasteiger partial charge in [-0.3, -0.25) is 14.9 Å². The van der Waals surface area contributed by atoms with Crippen LogP contribution >= 0.6 is 46.3 Å². The number of carbonyl (C=O) groups is 1. The number of nitro groups is 1. The standard InChI is InChI=1S/C15H8Cl2N2O3S2/c16-8-1-3-10(11(17)5-8)13(20)7-23-15-18-12-4-2-9(19(21)22)6-14(12)24-15/h1-6H,7H2. The first-order chi connectivity index (χ1) is 11.4. The van der Waals surface area contributed by atoms with Gasteiger partial charge in [0.1, 0.15) is 0 Å². The van der Waals surface area contributed by atoms with Gasteiger partial charge in [-0.05, 0) is 24.3 Å². The Morgan fingerprint density at radius 3 is 2.75 bits per heavy atom. The third kappa shape index (κ3) is 3.70. The molecule has 0 bridgehead atoms. The van der Waals surface area contributed by atoms with Gasteiger partial charge >= 0.3 is 0 Å². The number of halogens is 2. The summed E-state index contributed by atoms with van der Waals surface area (Å²) in [4.78, 5) is 27.0. The summed E-state index contributed by atoms with van der Waals surface area (Å²) in [7, 11) is 0. The van der Waals surface area contributed by atoms with Crippen molar-refractivity contribution < 1.29 is 9.72 Å². The van der Waals surface area contributed by atoms with Crippen LogP contribution in [0.25, 0.3) is 10.2 Å². The summed E-state index contributed by atoms with van der Waals surface area (Å²) in [5.74, 6) is 0.0374. The molecule has 122 valence electrons. The highest BCUT2D eigenvalue weighted by Gasteiger charge is 2.14. The maximum Gasteiger partial charge on any atom is 0.270 e. The number of thioether (sulfide) groups is 1. The fraction of sp³-hybridized carbons (Fsp3) is 0.0667. The van der Waals surface area contributed by atoms with Crippen LogP contribution in [0.4, 0.5) is 5.69 Å². The Balaban J connectivity index is 1.75. The summed E-state index contributed by atoms with van der Waals surface area (Å²) < 4.78 is 1.38. The molecule has 2 aromatic carbocycles.